The van der Waals surface area contributed by atoms with Crippen molar-refractivity contribution in [3.63, 3.8) is 0 Å². The summed E-state index contributed by atoms with van der Waals surface area (Å²) < 4.78 is 0. The molecule has 0 N–H and O–H groups in total. The molecule has 1 unspecified atom stereocenters. The Hall–Kier alpha value is -0.690. The van der Waals surface area contributed by atoms with E-state index >= 15 is 0 Å². The van der Waals surface area contributed by atoms with Crippen molar-refractivity contribution in [2.24, 2.45) is 0 Å². The number of rotatable bonds is 5. The SMILES string of the molecule is Cc1cc(C(C)CCc2cc(C(C)C)c(Cl)cc2Cl)c(C)cc1Cl. The third kappa shape index (κ3) is 4.48. The fourth-order valence-corrected chi connectivity index (χ4v) is 4.02. The molecule has 0 aliphatic carbocycles. The highest BCUT2D eigenvalue weighted by Crippen LogP contribution is 2.33. The Kier molecular flexibility index (Phi) is 6.65. The third-order valence-electron chi connectivity index (χ3n) is 4.71. The second kappa shape index (κ2) is 8.13. The first-order chi connectivity index (χ1) is 11.2. The van der Waals surface area contributed by atoms with Gasteiger partial charge in [0, 0.05) is 15.1 Å². The van der Waals surface area contributed by atoms with Gasteiger partial charge in [-0.15, -0.1) is 0 Å². The van der Waals surface area contributed by atoms with Crippen molar-refractivity contribution in [3.05, 3.63) is 67.2 Å². The van der Waals surface area contributed by atoms with E-state index in [1.165, 1.54) is 22.3 Å². The molecule has 0 heterocycles. The molecule has 0 aliphatic rings. The summed E-state index contributed by atoms with van der Waals surface area (Å²) in [7, 11) is 0. The maximum Gasteiger partial charge on any atom is 0.0455 e. The van der Waals surface area contributed by atoms with Crippen molar-refractivity contribution in [2.45, 2.75) is 59.3 Å². The van der Waals surface area contributed by atoms with Crippen LogP contribution in [0.15, 0.2) is 24.3 Å². The lowest BCUT2D eigenvalue weighted by molar-refractivity contribution is 0.674. The van der Waals surface area contributed by atoms with Gasteiger partial charge in [0.15, 0.2) is 0 Å². The molecule has 0 saturated heterocycles. The van der Waals surface area contributed by atoms with E-state index in [9.17, 15) is 0 Å². The molecule has 2 rings (SSSR count). The van der Waals surface area contributed by atoms with Gasteiger partial charge in [-0.3, -0.25) is 0 Å². The van der Waals surface area contributed by atoms with E-state index in [2.05, 4.69) is 52.8 Å². The summed E-state index contributed by atoms with van der Waals surface area (Å²) in [6.45, 7) is 10.8. The molecule has 24 heavy (non-hydrogen) atoms. The minimum Gasteiger partial charge on any atom is -0.0840 e. The van der Waals surface area contributed by atoms with Crippen LogP contribution < -0.4 is 0 Å². The van der Waals surface area contributed by atoms with Crippen molar-refractivity contribution in [1.82, 2.24) is 0 Å². The zero-order chi connectivity index (χ0) is 18.0. The molecule has 0 spiro atoms. The second-order valence-electron chi connectivity index (χ2n) is 7.02. The van der Waals surface area contributed by atoms with Gasteiger partial charge >= 0.3 is 0 Å². The van der Waals surface area contributed by atoms with E-state index in [0.717, 1.165) is 33.5 Å². The predicted octanol–water partition coefficient (Wildman–Crippen LogP) is 8.12. The van der Waals surface area contributed by atoms with Crippen molar-refractivity contribution >= 4 is 34.8 Å². The van der Waals surface area contributed by atoms with Gasteiger partial charge in [0.25, 0.3) is 0 Å². The highest BCUT2D eigenvalue weighted by molar-refractivity contribution is 6.35. The molecule has 3 heteroatoms. The van der Waals surface area contributed by atoms with Crippen LogP contribution >= 0.6 is 34.8 Å². The van der Waals surface area contributed by atoms with Crippen LogP contribution in [0.1, 0.15) is 66.8 Å². The molecule has 0 saturated carbocycles. The molecule has 1 atom stereocenters. The third-order valence-corrected chi connectivity index (χ3v) is 5.80. The molecule has 0 aliphatic heterocycles. The second-order valence-corrected chi connectivity index (χ2v) is 8.24. The molecular weight excluding hydrogens is 359 g/mol. The van der Waals surface area contributed by atoms with Crippen molar-refractivity contribution in [1.29, 1.82) is 0 Å². The average molecular weight is 384 g/mol. The highest BCUT2D eigenvalue weighted by Gasteiger charge is 2.14. The first-order valence-corrected chi connectivity index (χ1v) is 9.58. The van der Waals surface area contributed by atoms with E-state index in [0.29, 0.717) is 11.8 Å². The Morgan fingerprint density at radius 2 is 1.42 bits per heavy atom. The van der Waals surface area contributed by atoms with Crippen molar-refractivity contribution in [3.8, 4) is 0 Å². The predicted molar refractivity (Wildman–Crippen MR) is 108 cm³/mol. The highest BCUT2D eigenvalue weighted by atomic mass is 35.5. The molecule has 2 aromatic rings. The molecule has 0 radical (unpaired) electrons. The lowest BCUT2D eigenvalue weighted by Crippen LogP contribution is -2.01. The average Bonchev–Trinajstić information content (AvgIpc) is 2.49. The minimum atomic E-state index is 0.395. The topological polar surface area (TPSA) is 0 Å². The summed E-state index contributed by atoms with van der Waals surface area (Å²) >= 11 is 18.9. The van der Waals surface area contributed by atoms with Crippen LogP contribution in [-0.4, -0.2) is 0 Å². The molecule has 0 fully saturated rings. The molecule has 0 aromatic heterocycles. The molecule has 0 amide bonds. The quantitative estimate of drug-likeness (QED) is 0.489. The van der Waals surface area contributed by atoms with Gasteiger partial charge in [-0.25, -0.2) is 0 Å². The molecule has 0 nitrogen and oxygen atoms in total. The van der Waals surface area contributed by atoms with Crippen LogP contribution in [0.25, 0.3) is 0 Å². The van der Waals surface area contributed by atoms with Gasteiger partial charge < -0.3 is 0 Å². The minimum absolute atomic E-state index is 0.395. The zero-order valence-electron chi connectivity index (χ0n) is 15.0. The maximum atomic E-state index is 6.41. The Balaban J connectivity index is 2.19. The fourth-order valence-electron chi connectivity index (χ4n) is 3.11. The van der Waals surface area contributed by atoms with Crippen LogP contribution in [0.5, 0.6) is 0 Å². The van der Waals surface area contributed by atoms with Gasteiger partial charge in [0.1, 0.15) is 0 Å². The van der Waals surface area contributed by atoms with E-state index in [-0.39, 0.29) is 0 Å². The van der Waals surface area contributed by atoms with Crippen molar-refractivity contribution in [2.75, 3.05) is 0 Å². The number of hydrogen-bond acceptors (Lipinski definition) is 0. The Labute approximate surface area is 161 Å². The van der Waals surface area contributed by atoms with E-state index in [1.807, 2.05) is 6.07 Å². The monoisotopic (exact) mass is 382 g/mol. The molecule has 0 bridgehead atoms. The summed E-state index contributed by atoms with van der Waals surface area (Å²) in [5.41, 5.74) is 6.10. The first-order valence-electron chi connectivity index (χ1n) is 8.45. The van der Waals surface area contributed by atoms with E-state index in [4.69, 9.17) is 34.8 Å². The lowest BCUT2D eigenvalue weighted by Gasteiger charge is -2.18. The lowest BCUT2D eigenvalue weighted by atomic mass is 9.89. The maximum absolute atomic E-state index is 6.41. The number of benzene rings is 2. The van der Waals surface area contributed by atoms with Crippen molar-refractivity contribution < 1.29 is 0 Å². The standard InChI is InChI=1S/C21H25Cl3/c1-12(2)17-10-16(20(23)11-21(17)24)7-6-13(3)18-8-15(5)19(22)9-14(18)4/h8-13H,6-7H2,1-5H3. The van der Waals surface area contributed by atoms with E-state index in [1.54, 1.807) is 0 Å². The van der Waals surface area contributed by atoms with Gasteiger partial charge in [0.05, 0.1) is 0 Å². The smallest absolute Gasteiger partial charge is 0.0455 e. The van der Waals surface area contributed by atoms with Crippen LogP contribution in [-0.2, 0) is 6.42 Å². The molecular formula is C21H25Cl3. The van der Waals surface area contributed by atoms with Gasteiger partial charge in [-0.05, 0) is 78.5 Å². The Morgan fingerprint density at radius 3 is 2.04 bits per heavy atom. The summed E-state index contributed by atoms with van der Waals surface area (Å²) in [4.78, 5) is 0. The van der Waals surface area contributed by atoms with Crippen LogP contribution in [0.3, 0.4) is 0 Å². The summed E-state index contributed by atoms with van der Waals surface area (Å²) in [5.74, 6) is 0.849. The zero-order valence-corrected chi connectivity index (χ0v) is 17.3. The Morgan fingerprint density at radius 1 is 0.750 bits per heavy atom. The van der Waals surface area contributed by atoms with E-state index < -0.39 is 0 Å². The van der Waals surface area contributed by atoms with Crippen LogP contribution in [0.4, 0.5) is 0 Å². The normalized spacial score (nSPS) is 12.7. The fraction of sp³-hybridized carbons (Fsp3) is 0.429. The number of hydrogen-bond donors (Lipinski definition) is 0. The Bertz CT molecular complexity index is 732. The largest absolute Gasteiger partial charge is 0.0840 e. The number of aryl methyl sites for hydroxylation is 3. The summed E-state index contributed by atoms with van der Waals surface area (Å²) in [6.07, 6.45) is 1.98. The van der Waals surface area contributed by atoms with Gasteiger partial charge in [-0.1, -0.05) is 67.7 Å². The molecule has 130 valence electrons. The first kappa shape index (κ1) is 19.6. The van der Waals surface area contributed by atoms with Gasteiger partial charge in [-0.2, -0.15) is 0 Å². The summed E-state index contributed by atoms with van der Waals surface area (Å²) in [6, 6.07) is 8.33. The van der Waals surface area contributed by atoms with Gasteiger partial charge in [0.2, 0.25) is 0 Å². The summed E-state index contributed by atoms with van der Waals surface area (Å²) in [5, 5.41) is 2.36. The van der Waals surface area contributed by atoms with Crippen LogP contribution in [0.2, 0.25) is 15.1 Å². The molecule has 2 aromatic carbocycles. The van der Waals surface area contributed by atoms with Crippen LogP contribution in [0, 0.1) is 13.8 Å². The number of halogens is 3.